The largest absolute Gasteiger partial charge is 0.325 e. The van der Waals surface area contributed by atoms with E-state index in [9.17, 15) is 13.8 Å². The number of carbonyl (C=O) groups excluding carboxylic acids is 2. The number of carbonyl (C=O) groups is 2. The highest BCUT2D eigenvalue weighted by atomic mass is 32.2. The summed E-state index contributed by atoms with van der Waals surface area (Å²) in [5, 5.41) is 16.3. The first-order valence-electron chi connectivity index (χ1n) is 8.68. The molecule has 9 heteroatoms. The number of nitrogens with zero attached hydrogens (tertiary/aromatic N) is 2. The van der Waals surface area contributed by atoms with Crippen molar-refractivity contribution in [3.05, 3.63) is 47.5 Å². The van der Waals surface area contributed by atoms with Crippen LogP contribution in [-0.2, 0) is 20.4 Å². The average Bonchev–Trinajstić information content (AvgIpc) is 3.10. The van der Waals surface area contributed by atoms with Crippen LogP contribution in [0, 0.1) is 0 Å². The van der Waals surface area contributed by atoms with Crippen molar-refractivity contribution in [2.45, 2.75) is 19.8 Å². The molecule has 0 saturated carbocycles. The fourth-order valence-corrected chi connectivity index (χ4v) is 4.13. The van der Waals surface area contributed by atoms with E-state index in [0.717, 1.165) is 15.8 Å². The van der Waals surface area contributed by atoms with Gasteiger partial charge in [-0.1, -0.05) is 61.6 Å². The van der Waals surface area contributed by atoms with Crippen LogP contribution in [0.1, 0.15) is 24.8 Å². The number of amides is 2. The molecule has 0 aliphatic heterocycles. The summed E-state index contributed by atoms with van der Waals surface area (Å²) >= 11 is 1.28. The second kappa shape index (κ2) is 9.03. The van der Waals surface area contributed by atoms with E-state index >= 15 is 0 Å². The highest BCUT2D eigenvalue weighted by molar-refractivity contribution is 7.86. The zero-order chi connectivity index (χ0) is 20.1. The van der Waals surface area contributed by atoms with Gasteiger partial charge in [0.25, 0.3) is 0 Å². The summed E-state index contributed by atoms with van der Waals surface area (Å²) in [6.45, 7) is 3.96. The van der Waals surface area contributed by atoms with Crippen LogP contribution in [0.5, 0.6) is 0 Å². The maximum Gasteiger partial charge on any atom is 0.238 e. The van der Waals surface area contributed by atoms with Gasteiger partial charge in [0.1, 0.15) is 16.5 Å². The molecule has 28 heavy (non-hydrogen) atoms. The van der Waals surface area contributed by atoms with Crippen LogP contribution in [0.4, 0.5) is 10.8 Å². The molecule has 1 atom stereocenters. The molecule has 0 aliphatic carbocycles. The van der Waals surface area contributed by atoms with E-state index in [0.29, 0.717) is 10.8 Å². The van der Waals surface area contributed by atoms with Crippen LogP contribution in [0.3, 0.4) is 0 Å². The molecule has 0 bridgehead atoms. The third kappa shape index (κ3) is 5.20. The minimum absolute atomic E-state index is 0.218. The number of fused-ring (bicyclic) bond motifs is 1. The SMILES string of the molecule is CC(C)c1nnc(NC(=O)CS(=O)CC(=O)Nc2cccc3ccccc23)s1. The fourth-order valence-electron chi connectivity index (χ4n) is 2.54. The summed E-state index contributed by atoms with van der Waals surface area (Å²) in [5.41, 5.74) is 0.652. The van der Waals surface area contributed by atoms with Crippen molar-refractivity contribution in [3.8, 4) is 0 Å². The molecule has 1 heterocycles. The molecule has 146 valence electrons. The van der Waals surface area contributed by atoms with Gasteiger partial charge in [-0.15, -0.1) is 10.2 Å². The molecule has 1 unspecified atom stereocenters. The third-order valence-corrected chi connectivity index (χ3v) is 6.14. The van der Waals surface area contributed by atoms with Gasteiger partial charge in [0, 0.05) is 27.8 Å². The highest BCUT2D eigenvalue weighted by Gasteiger charge is 2.16. The van der Waals surface area contributed by atoms with E-state index in [-0.39, 0.29) is 17.4 Å². The smallest absolute Gasteiger partial charge is 0.238 e. The molecular formula is C19H20N4O3S2. The molecule has 0 saturated heterocycles. The minimum atomic E-state index is -1.63. The first-order chi connectivity index (χ1) is 13.4. The summed E-state index contributed by atoms with van der Waals surface area (Å²) in [5.74, 6) is -1.18. The Hall–Kier alpha value is -2.65. The maximum absolute atomic E-state index is 12.2. The zero-order valence-corrected chi connectivity index (χ0v) is 17.1. The number of benzene rings is 2. The van der Waals surface area contributed by atoms with Crippen LogP contribution >= 0.6 is 11.3 Å². The Labute approximate surface area is 169 Å². The van der Waals surface area contributed by atoms with Gasteiger partial charge in [0.2, 0.25) is 16.9 Å². The van der Waals surface area contributed by atoms with Crippen molar-refractivity contribution in [2.24, 2.45) is 0 Å². The molecule has 3 rings (SSSR count). The molecule has 2 amide bonds. The van der Waals surface area contributed by atoms with Gasteiger partial charge >= 0.3 is 0 Å². The first-order valence-corrected chi connectivity index (χ1v) is 11.0. The molecule has 0 aliphatic rings. The van der Waals surface area contributed by atoms with E-state index in [1.807, 2.05) is 50.2 Å². The Balaban J connectivity index is 1.53. The van der Waals surface area contributed by atoms with Crippen molar-refractivity contribution in [1.82, 2.24) is 10.2 Å². The molecule has 0 fully saturated rings. The predicted molar refractivity (Wildman–Crippen MR) is 113 cm³/mol. The molecule has 7 nitrogen and oxygen atoms in total. The topological polar surface area (TPSA) is 101 Å². The Kier molecular flexibility index (Phi) is 6.48. The van der Waals surface area contributed by atoms with Gasteiger partial charge in [-0.3, -0.25) is 19.1 Å². The third-order valence-electron chi connectivity index (χ3n) is 3.83. The van der Waals surface area contributed by atoms with Crippen LogP contribution < -0.4 is 10.6 Å². The van der Waals surface area contributed by atoms with Gasteiger partial charge in [0.05, 0.1) is 0 Å². The molecular weight excluding hydrogens is 396 g/mol. The van der Waals surface area contributed by atoms with Gasteiger partial charge in [0.15, 0.2) is 0 Å². The molecule has 0 radical (unpaired) electrons. The van der Waals surface area contributed by atoms with Crippen LogP contribution in [0.2, 0.25) is 0 Å². The van der Waals surface area contributed by atoms with Gasteiger partial charge in [-0.05, 0) is 11.5 Å². The molecule has 1 aromatic heterocycles. The van der Waals surface area contributed by atoms with Crippen LogP contribution in [-0.4, -0.2) is 37.7 Å². The van der Waals surface area contributed by atoms with E-state index < -0.39 is 22.6 Å². The average molecular weight is 417 g/mol. The second-order valence-corrected chi connectivity index (χ2v) is 8.92. The van der Waals surface area contributed by atoms with Gasteiger partial charge in [-0.25, -0.2) is 0 Å². The Morgan fingerprint density at radius 3 is 2.39 bits per heavy atom. The summed E-state index contributed by atoms with van der Waals surface area (Å²) in [6.07, 6.45) is 0. The number of anilines is 2. The summed E-state index contributed by atoms with van der Waals surface area (Å²) < 4.78 is 12.2. The highest BCUT2D eigenvalue weighted by Crippen LogP contribution is 2.23. The fraction of sp³-hybridized carbons (Fsp3) is 0.263. The lowest BCUT2D eigenvalue weighted by Crippen LogP contribution is -2.26. The van der Waals surface area contributed by atoms with Crippen molar-refractivity contribution in [2.75, 3.05) is 22.1 Å². The lowest BCUT2D eigenvalue weighted by Gasteiger charge is -2.08. The zero-order valence-electron chi connectivity index (χ0n) is 15.5. The Morgan fingerprint density at radius 2 is 1.68 bits per heavy atom. The van der Waals surface area contributed by atoms with E-state index in [1.165, 1.54) is 11.3 Å². The molecule has 0 spiro atoms. The normalized spacial score (nSPS) is 12.1. The van der Waals surface area contributed by atoms with Crippen LogP contribution in [0.25, 0.3) is 10.8 Å². The standard InChI is InChI=1S/C19H20N4O3S2/c1-12(2)18-22-23-19(27-18)21-17(25)11-28(26)10-16(24)20-15-9-5-7-13-6-3-4-8-14(13)15/h3-9,12H,10-11H2,1-2H3,(H,20,24)(H,21,23,25). The summed E-state index contributed by atoms with van der Waals surface area (Å²) in [4.78, 5) is 24.2. The number of hydrogen-bond donors (Lipinski definition) is 2. The minimum Gasteiger partial charge on any atom is -0.325 e. The lowest BCUT2D eigenvalue weighted by molar-refractivity contribution is -0.114. The van der Waals surface area contributed by atoms with Crippen LogP contribution in [0.15, 0.2) is 42.5 Å². The van der Waals surface area contributed by atoms with Crippen molar-refractivity contribution >= 4 is 55.5 Å². The quantitative estimate of drug-likeness (QED) is 0.616. The molecule has 2 aromatic carbocycles. The van der Waals surface area contributed by atoms with Crippen molar-refractivity contribution < 1.29 is 13.8 Å². The number of rotatable bonds is 7. The monoisotopic (exact) mass is 416 g/mol. The second-order valence-electron chi connectivity index (χ2n) is 6.45. The summed E-state index contributed by atoms with van der Waals surface area (Å²) in [6, 6.07) is 13.2. The first kappa shape index (κ1) is 20.1. The van der Waals surface area contributed by atoms with Gasteiger partial charge in [-0.2, -0.15) is 0 Å². The number of hydrogen-bond acceptors (Lipinski definition) is 6. The molecule has 3 aromatic rings. The molecule has 2 N–H and O–H groups in total. The Bertz CT molecular complexity index is 1030. The van der Waals surface area contributed by atoms with E-state index in [1.54, 1.807) is 6.07 Å². The maximum atomic E-state index is 12.2. The van der Waals surface area contributed by atoms with E-state index in [4.69, 9.17) is 0 Å². The Morgan fingerprint density at radius 1 is 1.00 bits per heavy atom. The van der Waals surface area contributed by atoms with Gasteiger partial charge < -0.3 is 5.32 Å². The van der Waals surface area contributed by atoms with E-state index in [2.05, 4.69) is 20.8 Å². The number of nitrogens with one attached hydrogen (secondary N) is 2. The lowest BCUT2D eigenvalue weighted by atomic mass is 10.1. The predicted octanol–water partition coefficient (Wildman–Crippen LogP) is 3.14. The van der Waals surface area contributed by atoms with Crippen molar-refractivity contribution in [1.29, 1.82) is 0 Å². The van der Waals surface area contributed by atoms with Crippen molar-refractivity contribution in [3.63, 3.8) is 0 Å². The summed E-state index contributed by atoms with van der Waals surface area (Å²) in [7, 11) is -1.63. The number of aromatic nitrogens is 2.